The van der Waals surface area contributed by atoms with Crippen molar-refractivity contribution in [1.82, 2.24) is 5.32 Å². The Morgan fingerprint density at radius 1 is 1.13 bits per heavy atom. The molecule has 0 aromatic heterocycles. The number of nitrogens with one attached hydrogen (secondary N) is 1. The predicted octanol–water partition coefficient (Wildman–Crippen LogP) is 3.69. The Balaban J connectivity index is 2.38. The summed E-state index contributed by atoms with van der Waals surface area (Å²) >= 11 is 2.08. The van der Waals surface area contributed by atoms with Gasteiger partial charge in [-0.1, -0.05) is 33.1 Å². The normalized spacial score (nSPS) is 23.0. The van der Waals surface area contributed by atoms with Gasteiger partial charge in [-0.05, 0) is 31.9 Å². The van der Waals surface area contributed by atoms with Gasteiger partial charge < -0.3 is 5.32 Å². The zero-order chi connectivity index (χ0) is 11.3. The van der Waals surface area contributed by atoms with Crippen LogP contribution in [-0.4, -0.2) is 23.6 Å². The fourth-order valence-electron chi connectivity index (χ4n) is 2.23. The summed E-state index contributed by atoms with van der Waals surface area (Å²) in [6.07, 6.45) is 9.41. The van der Waals surface area contributed by atoms with Gasteiger partial charge in [-0.2, -0.15) is 11.8 Å². The molecule has 90 valence electrons. The molecule has 1 atom stereocenters. The van der Waals surface area contributed by atoms with Crippen molar-refractivity contribution in [1.29, 1.82) is 0 Å². The van der Waals surface area contributed by atoms with Crippen LogP contribution in [-0.2, 0) is 0 Å². The molecule has 0 aromatic rings. The summed E-state index contributed by atoms with van der Waals surface area (Å²) in [5, 5.41) is 3.72. The molecular formula is C13H27NS. The number of hydrogen-bond acceptors (Lipinski definition) is 2. The van der Waals surface area contributed by atoms with Crippen LogP contribution in [0.1, 0.15) is 52.9 Å². The van der Waals surface area contributed by atoms with Crippen LogP contribution in [0.25, 0.3) is 0 Å². The molecular weight excluding hydrogens is 202 g/mol. The molecule has 1 aliphatic rings. The number of rotatable bonds is 5. The molecule has 1 unspecified atom stereocenters. The van der Waals surface area contributed by atoms with E-state index in [4.69, 9.17) is 0 Å². The van der Waals surface area contributed by atoms with E-state index in [0.29, 0.717) is 10.8 Å². The van der Waals surface area contributed by atoms with Crippen molar-refractivity contribution in [2.24, 2.45) is 5.92 Å². The van der Waals surface area contributed by atoms with E-state index >= 15 is 0 Å². The van der Waals surface area contributed by atoms with E-state index in [1.54, 1.807) is 0 Å². The third-order valence-corrected chi connectivity index (χ3v) is 5.36. The lowest BCUT2D eigenvalue weighted by molar-refractivity contribution is 0.342. The van der Waals surface area contributed by atoms with Crippen molar-refractivity contribution < 1.29 is 0 Å². The maximum atomic E-state index is 3.72. The van der Waals surface area contributed by atoms with Crippen molar-refractivity contribution in [3.05, 3.63) is 0 Å². The largest absolute Gasteiger partial charge is 0.313 e. The Morgan fingerprint density at radius 3 is 2.20 bits per heavy atom. The first kappa shape index (κ1) is 13.4. The molecule has 15 heavy (non-hydrogen) atoms. The Morgan fingerprint density at radius 2 is 1.73 bits per heavy atom. The highest BCUT2D eigenvalue weighted by Gasteiger charge is 2.31. The summed E-state index contributed by atoms with van der Waals surface area (Å²) in [6, 6.07) is 0.649. The van der Waals surface area contributed by atoms with Crippen molar-refractivity contribution in [2.45, 2.75) is 63.7 Å². The molecule has 1 N–H and O–H groups in total. The second-order valence-electron chi connectivity index (χ2n) is 5.36. The van der Waals surface area contributed by atoms with Gasteiger partial charge in [0.2, 0.25) is 0 Å². The molecule has 0 radical (unpaired) electrons. The van der Waals surface area contributed by atoms with E-state index in [9.17, 15) is 0 Å². The van der Waals surface area contributed by atoms with Gasteiger partial charge in [-0.25, -0.2) is 0 Å². The predicted molar refractivity (Wildman–Crippen MR) is 71.6 cm³/mol. The van der Waals surface area contributed by atoms with E-state index in [1.807, 2.05) is 0 Å². The van der Waals surface area contributed by atoms with Crippen LogP contribution in [0.2, 0.25) is 0 Å². The van der Waals surface area contributed by atoms with Gasteiger partial charge in [0, 0.05) is 17.3 Å². The molecule has 1 nitrogen and oxygen atoms in total. The molecule has 1 fully saturated rings. The summed E-state index contributed by atoms with van der Waals surface area (Å²) in [5.41, 5.74) is 0. The second kappa shape index (κ2) is 6.15. The molecule has 1 rings (SSSR count). The summed E-state index contributed by atoms with van der Waals surface area (Å²) < 4.78 is 0.543. The van der Waals surface area contributed by atoms with Crippen LogP contribution in [0.5, 0.6) is 0 Å². The highest BCUT2D eigenvalue weighted by molar-refractivity contribution is 8.00. The summed E-state index contributed by atoms with van der Waals surface area (Å²) in [6.45, 7) is 8.10. The Hall–Kier alpha value is 0.310. The smallest absolute Gasteiger partial charge is 0.0281 e. The van der Waals surface area contributed by atoms with E-state index in [-0.39, 0.29) is 0 Å². The van der Waals surface area contributed by atoms with Gasteiger partial charge in [0.05, 0.1) is 0 Å². The van der Waals surface area contributed by atoms with Crippen LogP contribution in [0.3, 0.4) is 0 Å². The van der Waals surface area contributed by atoms with Crippen molar-refractivity contribution in [2.75, 3.05) is 12.8 Å². The van der Waals surface area contributed by atoms with Crippen LogP contribution < -0.4 is 5.32 Å². The first-order valence-electron chi connectivity index (χ1n) is 6.38. The molecule has 0 aromatic carbocycles. The first-order chi connectivity index (χ1) is 7.09. The van der Waals surface area contributed by atoms with Crippen LogP contribution in [0.4, 0.5) is 0 Å². The van der Waals surface area contributed by atoms with Gasteiger partial charge in [0.1, 0.15) is 0 Å². The third-order valence-electron chi connectivity index (χ3n) is 3.94. The van der Waals surface area contributed by atoms with E-state index in [0.717, 1.165) is 5.92 Å². The van der Waals surface area contributed by atoms with Gasteiger partial charge in [0.25, 0.3) is 0 Å². The average molecular weight is 229 g/mol. The van der Waals surface area contributed by atoms with Crippen molar-refractivity contribution >= 4 is 11.8 Å². The molecule has 0 bridgehead atoms. The van der Waals surface area contributed by atoms with Crippen LogP contribution >= 0.6 is 11.8 Å². The summed E-state index contributed by atoms with van der Waals surface area (Å²) in [5.74, 6) is 0.743. The Labute approximate surface area is 99.8 Å². The van der Waals surface area contributed by atoms with Crippen LogP contribution in [0.15, 0.2) is 0 Å². The highest BCUT2D eigenvalue weighted by Crippen LogP contribution is 2.38. The first-order valence-corrected chi connectivity index (χ1v) is 7.61. The topological polar surface area (TPSA) is 12.0 Å². The summed E-state index contributed by atoms with van der Waals surface area (Å²) in [4.78, 5) is 0. The summed E-state index contributed by atoms with van der Waals surface area (Å²) in [7, 11) is 0. The zero-order valence-electron chi connectivity index (χ0n) is 10.8. The van der Waals surface area contributed by atoms with E-state index in [2.05, 4.69) is 44.1 Å². The molecule has 1 aliphatic carbocycles. The third kappa shape index (κ3) is 3.99. The van der Waals surface area contributed by atoms with Crippen molar-refractivity contribution in [3.63, 3.8) is 0 Å². The molecule has 0 aliphatic heterocycles. The molecule has 0 saturated heterocycles. The monoisotopic (exact) mass is 229 g/mol. The Bertz CT molecular complexity index is 173. The van der Waals surface area contributed by atoms with Gasteiger partial charge >= 0.3 is 0 Å². The maximum absolute atomic E-state index is 3.72. The Kier molecular flexibility index (Phi) is 5.48. The molecule has 1 saturated carbocycles. The number of thioether (sulfide) groups is 1. The van der Waals surface area contributed by atoms with E-state index in [1.165, 1.54) is 38.6 Å². The maximum Gasteiger partial charge on any atom is 0.0281 e. The SMILES string of the molecule is CSC1(CNC(C)C(C)C)CCCCC1. The van der Waals surface area contributed by atoms with Gasteiger partial charge in [0.15, 0.2) is 0 Å². The second-order valence-corrected chi connectivity index (χ2v) is 6.64. The van der Waals surface area contributed by atoms with E-state index < -0.39 is 0 Å². The minimum absolute atomic E-state index is 0.543. The molecule has 0 amide bonds. The van der Waals surface area contributed by atoms with Gasteiger partial charge in [-0.3, -0.25) is 0 Å². The minimum Gasteiger partial charge on any atom is -0.313 e. The lowest BCUT2D eigenvalue weighted by Crippen LogP contribution is -2.44. The van der Waals surface area contributed by atoms with Crippen LogP contribution in [0, 0.1) is 5.92 Å². The lowest BCUT2D eigenvalue weighted by Gasteiger charge is -2.37. The molecule has 0 spiro atoms. The lowest BCUT2D eigenvalue weighted by atomic mass is 9.88. The fraction of sp³-hybridized carbons (Fsp3) is 1.00. The molecule has 2 heteroatoms. The average Bonchev–Trinajstić information content (AvgIpc) is 2.27. The molecule has 0 heterocycles. The standard InChI is InChI=1S/C13H27NS/c1-11(2)12(3)14-10-13(15-4)8-6-5-7-9-13/h11-12,14H,5-10H2,1-4H3. The highest BCUT2D eigenvalue weighted by atomic mass is 32.2. The quantitative estimate of drug-likeness (QED) is 0.772. The van der Waals surface area contributed by atoms with Crippen molar-refractivity contribution in [3.8, 4) is 0 Å². The zero-order valence-corrected chi connectivity index (χ0v) is 11.6. The number of hydrogen-bond donors (Lipinski definition) is 1. The minimum atomic E-state index is 0.543. The van der Waals surface area contributed by atoms with Gasteiger partial charge in [-0.15, -0.1) is 0 Å². The fourth-order valence-corrected chi connectivity index (χ4v) is 3.16.